The van der Waals surface area contributed by atoms with Gasteiger partial charge in [0.1, 0.15) is 24.2 Å². The lowest BCUT2D eigenvalue weighted by Gasteiger charge is -2.33. The second-order valence-corrected chi connectivity index (χ2v) is 22.4. The number of likely N-dealkylation sites (tertiary alicyclic amines) is 2. The average molecular weight is 1130 g/mol. The standard InChI is InChI=1S/C51H67ClF3N11O11S/c1-50(2,3)43(46(71)60-34-9-7-32(8-10-34)47(72)65-23-17-31(18-24-65)44(69)62-38(6-4-5-20-56)48(73)66-25-19-33(57)29-66)63-45(70)40(26-30-15-21-58-22-16-30)61-42(68)28-59-41(67)14-13-39(49(74)75)64-78(76,77)35-11-12-37(52)36(27-35)51(53,54)55/h7-12,15-16,21-22,27,31,33,38-40,43,64H,4-6,13-14,17-20,23-26,28-29,56-57H2,1-3H3,(H,59,67)(H,60,71)(H,61,68)(H,62,69)(H,63,70)(H,74,75)/t33-,38+,39-,40-,43+/m0/s1. The van der Waals surface area contributed by atoms with Gasteiger partial charge in [0.15, 0.2) is 0 Å². The molecule has 0 aliphatic carbocycles. The van der Waals surface area contributed by atoms with Gasteiger partial charge in [0.05, 0.1) is 22.0 Å². The number of pyridine rings is 1. The number of rotatable bonds is 24. The van der Waals surface area contributed by atoms with E-state index in [1.54, 1.807) is 47.4 Å². The van der Waals surface area contributed by atoms with E-state index in [1.807, 2.05) is 0 Å². The summed E-state index contributed by atoms with van der Waals surface area (Å²) < 4.78 is 67.6. The van der Waals surface area contributed by atoms with Crippen LogP contribution in [0.4, 0.5) is 18.9 Å². The highest BCUT2D eigenvalue weighted by molar-refractivity contribution is 7.89. The van der Waals surface area contributed by atoms with E-state index < -0.39 is 116 Å². The monoisotopic (exact) mass is 1130 g/mol. The van der Waals surface area contributed by atoms with Gasteiger partial charge in [-0.05, 0) is 117 Å². The SMILES string of the molecule is CC(C)(C)[C@H](NC(=O)[C@H](Cc1ccncc1)NC(=O)CNC(=O)CC[C@H](NS(=O)(=O)c1ccc(Cl)c(C(F)(F)F)c1)C(=O)O)C(=O)Nc1ccc(C(=O)N2CCC(C(=O)N[C@H](CCCCN)C(=O)N3CC[C@H](N)C3)CC2)cc1. The third kappa shape index (κ3) is 18.2. The lowest BCUT2D eigenvalue weighted by atomic mass is 9.85. The van der Waals surface area contributed by atoms with Gasteiger partial charge in [0.2, 0.25) is 45.5 Å². The van der Waals surface area contributed by atoms with Crippen molar-refractivity contribution in [1.82, 2.24) is 40.8 Å². The van der Waals surface area contributed by atoms with E-state index in [2.05, 4.69) is 31.6 Å². The molecule has 0 radical (unpaired) electrons. The molecule has 2 saturated heterocycles. The van der Waals surface area contributed by atoms with Crippen molar-refractivity contribution in [3.05, 3.63) is 88.7 Å². The molecule has 5 atom stereocenters. The minimum atomic E-state index is -5.02. The van der Waals surface area contributed by atoms with Crippen molar-refractivity contribution in [3.8, 4) is 0 Å². The maximum Gasteiger partial charge on any atom is 0.417 e. The zero-order chi connectivity index (χ0) is 57.5. The molecule has 2 aromatic carbocycles. The summed E-state index contributed by atoms with van der Waals surface area (Å²) in [5, 5.41) is 22.1. The Hall–Kier alpha value is -6.74. The van der Waals surface area contributed by atoms with Crippen LogP contribution < -0.4 is 42.8 Å². The Morgan fingerprint density at radius 3 is 2.05 bits per heavy atom. The second kappa shape index (κ2) is 27.7. The number of anilines is 1. The van der Waals surface area contributed by atoms with Gasteiger partial charge in [-0.1, -0.05) is 32.4 Å². The van der Waals surface area contributed by atoms with Crippen molar-refractivity contribution in [2.75, 3.05) is 44.6 Å². The second-order valence-electron chi connectivity index (χ2n) is 20.3. The number of alkyl halides is 3. The average Bonchev–Trinajstić information content (AvgIpc) is 3.86. The van der Waals surface area contributed by atoms with Gasteiger partial charge >= 0.3 is 12.1 Å². The molecule has 2 aliphatic heterocycles. The number of benzene rings is 2. The fourth-order valence-corrected chi connectivity index (χ4v) is 10.2. The summed E-state index contributed by atoms with van der Waals surface area (Å²) in [4.78, 5) is 113. The quantitative estimate of drug-likeness (QED) is 0.0582. The summed E-state index contributed by atoms with van der Waals surface area (Å²) in [6.07, 6.45) is -0.236. The van der Waals surface area contributed by atoms with Gasteiger partial charge < -0.3 is 53.0 Å². The molecule has 0 unspecified atom stereocenters. The van der Waals surface area contributed by atoms with Crippen LogP contribution in [0, 0.1) is 11.3 Å². The Kier molecular flexibility index (Phi) is 22.1. The van der Waals surface area contributed by atoms with Crippen molar-refractivity contribution in [2.45, 2.75) is 120 Å². The summed E-state index contributed by atoms with van der Waals surface area (Å²) >= 11 is 5.58. The Morgan fingerprint density at radius 1 is 0.808 bits per heavy atom. The van der Waals surface area contributed by atoms with Gasteiger partial charge in [-0.2, -0.15) is 17.9 Å². The normalized spacial score (nSPS) is 16.8. The van der Waals surface area contributed by atoms with Crippen LogP contribution in [0.1, 0.15) is 93.6 Å². The molecule has 3 aromatic rings. The van der Waals surface area contributed by atoms with Gasteiger partial charge in [-0.3, -0.25) is 43.3 Å². The van der Waals surface area contributed by atoms with E-state index in [0.29, 0.717) is 94.1 Å². The molecule has 11 N–H and O–H groups in total. The minimum Gasteiger partial charge on any atom is -0.480 e. The number of carbonyl (C=O) groups is 8. The fraction of sp³-hybridized carbons (Fsp3) is 0.510. The van der Waals surface area contributed by atoms with Gasteiger partial charge in [0, 0.05) is 74.6 Å². The van der Waals surface area contributed by atoms with Crippen LogP contribution in [-0.2, 0) is 56.2 Å². The summed E-state index contributed by atoms with van der Waals surface area (Å²) in [5.41, 5.74) is 10.5. The summed E-state index contributed by atoms with van der Waals surface area (Å²) in [7, 11) is -4.87. The molecule has 78 heavy (non-hydrogen) atoms. The molecule has 5 rings (SSSR count). The highest BCUT2D eigenvalue weighted by Gasteiger charge is 2.38. The predicted molar refractivity (Wildman–Crippen MR) is 279 cm³/mol. The van der Waals surface area contributed by atoms with Crippen LogP contribution in [0.2, 0.25) is 5.02 Å². The van der Waals surface area contributed by atoms with Crippen LogP contribution in [-0.4, -0.2) is 145 Å². The molecule has 0 bridgehead atoms. The lowest BCUT2D eigenvalue weighted by Crippen LogP contribution is -2.57. The lowest BCUT2D eigenvalue weighted by molar-refractivity contribution is -0.139. The molecule has 3 heterocycles. The van der Waals surface area contributed by atoms with E-state index in [0.717, 1.165) is 6.07 Å². The van der Waals surface area contributed by atoms with Gasteiger partial charge in [-0.15, -0.1) is 0 Å². The number of aromatic nitrogens is 1. The third-order valence-corrected chi connectivity index (χ3v) is 15.0. The molecule has 0 spiro atoms. The van der Waals surface area contributed by atoms with Crippen molar-refractivity contribution in [2.24, 2.45) is 22.8 Å². The van der Waals surface area contributed by atoms with E-state index in [1.165, 1.54) is 36.7 Å². The smallest absolute Gasteiger partial charge is 0.417 e. The molecule has 0 saturated carbocycles. The number of halogens is 4. The first-order valence-corrected chi connectivity index (χ1v) is 27.1. The number of nitrogens with two attached hydrogens (primary N) is 2. The van der Waals surface area contributed by atoms with Crippen molar-refractivity contribution >= 4 is 74.6 Å². The summed E-state index contributed by atoms with van der Waals surface area (Å²) in [6.45, 7) is 6.40. The van der Waals surface area contributed by atoms with Crippen LogP contribution in [0.15, 0.2) is 71.9 Å². The first-order valence-electron chi connectivity index (χ1n) is 25.3. The Balaban J connectivity index is 1.14. The summed E-state index contributed by atoms with van der Waals surface area (Å²) in [5.74, 6) is -6.06. The maximum atomic E-state index is 14.0. The molecule has 7 amide bonds. The van der Waals surface area contributed by atoms with E-state index in [9.17, 15) is 65.1 Å². The molecule has 2 aliphatic rings. The topological polar surface area (TPSA) is 335 Å². The number of carboxylic acid groups (broad SMARTS) is 1. The predicted octanol–water partition coefficient (Wildman–Crippen LogP) is 2.30. The number of hydrogen-bond donors (Lipinski definition) is 9. The number of sulfonamides is 1. The van der Waals surface area contributed by atoms with Crippen molar-refractivity contribution < 1.29 is 65.1 Å². The Bertz CT molecular complexity index is 2750. The number of carbonyl (C=O) groups excluding carboxylic acids is 7. The Labute approximate surface area is 454 Å². The summed E-state index contributed by atoms with van der Waals surface area (Å²) in [6, 6.07) is 5.68. The number of unbranched alkanes of at least 4 members (excludes halogenated alkanes) is 1. The number of piperidine rings is 1. The molecule has 1 aromatic heterocycles. The highest BCUT2D eigenvalue weighted by Crippen LogP contribution is 2.36. The number of nitrogens with zero attached hydrogens (tertiary/aromatic N) is 3. The van der Waals surface area contributed by atoms with Crippen LogP contribution in [0.3, 0.4) is 0 Å². The van der Waals surface area contributed by atoms with Crippen LogP contribution in [0.25, 0.3) is 0 Å². The van der Waals surface area contributed by atoms with E-state index in [-0.39, 0.29) is 36.3 Å². The highest BCUT2D eigenvalue weighted by atomic mass is 35.5. The Morgan fingerprint density at radius 2 is 1.46 bits per heavy atom. The zero-order valence-corrected chi connectivity index (χ0v) is 44.9. The number of hydrogen-bond acceptors (Lipinski definition) is 13. The molecule has 2 fully saturated rings. The zero-order valence-electron chi connectivity index (χ0n) is 43.4. The third-order valence-electron chi connectivity index (χ3n) is 13.2. The van der Waals surface area contributed by atoms with E-state index >= 15 is 0 Å². The molecule has 426 valence electrons. The fourth-order valence-electron chi connectivity index (χ4n) is 8.73. The number of carboxylic acids is 1. The van der Waals surface area contributed by atoms with Gasteiger partial charge in [-0.25, -0.2) is 8.42 Å². The van der Waals surface area contributed by atoms with Crippen LogP contribution in [0.5, 0.6) is 0 Å². The number of nitrogens with one attached hydrogen (secondary N) is 6. The maximum absolute atomic E-state index is 14.0. The molecule has 27 heteroatoms. The first-order chi connectivity index (χ1) is 36.7. The number of amides is 7. The van der Waals surface area contributed by atoms with E-state index in [4.69, 9.17) is 23.1 Å². The van der Waals surface area contributed by atoms with Crippen LogP contribution >= 0.6 is 11.6 Å². The molecular formula is C51H67ClF3N11O11S. The molecule has 22 nitrogen and oxygen atoms in total. The van der Waals surface area contributed by atoms with Gasteiger partial charge in [0.25, 0.3) is 5.91 Å². The minimum absolute atomic E-state index is 0.0991. The van der Waals surface area contributed by atoms with Crippen molar-refractivity contribution in [3.63, 3.8) is 0 Å². The molecular weight excluding hydrogens is 1070 g/mol. The largest absolute Gasteiger partial charge is 0.480 e. The number of aliphatic carboxylic acids is 1. The first kappa shape index (κ1) is 62.1. The van der Waals surface area contributed by atoms with Crippen molar-refractivity contribution in [1.29, 1.82) is 0 Å².